The summed E-state index contributed by atoms with van der Waals surface area (Å²) >= 11 is 0. The third kappa shape index (κ3) is 2.01. The summed E-state index contributed by atoms with van der Waals surface area (Å²) in [6.07, 6.45) is 1.08. The van der Waals surface area contributed by atoms with E-state index in [1.165, 1.54) is 0 Å². The van der Waals surface area contributed by atoms with Gasteiger partial charge in [-0.15, -0.1) is 0 Å². The molecule has 1 aromatic carbocycles. The fourth-order valence-corrected chi connectivity index (χ4v) is 3.10. The van der Waals surface area contributed by atoms with E-state index in [1.54, 1.807) is 14.2 Å². The zero-order valence-electron chi connectivity index (χ0n) is 13.3. The molecule has 4 nitrogen and oxygen atoms in total. The molecule has 0 fully saturated rings. The summed E-state index contributed by atoms with van der Waals surface area (Å²) in [5.41, 5.74) is 2.15. The molecule has 0 N–H and O–H groups in total. The molecule has 1 aromatic heterocycles. The molecule has 0 spiro atoms. The van der Waals surface area contributed by atoms with Crippen LogP contribution in [0.5, 0.6) is 17.4 Å². The second-order valence-corrected chi connectivity index (χ2v) is 5.84. The minimum Gasteiger partial charge on any atom is -0.495 e. The van der Waals surface area contributed by atoms with Gasteiger partial charge in [0.1, 0.15) is 24.5 Å². The molecular formula is C17H22NO3+. The minimum atomic E-state index is 0.197. The van der Waals surface area contributed by atoms with Gasteiger partial charge in [0, 0.05) is 6.42 Å². The Morgan fingerprint density at radius 2 is 2.00 bits per heavy atom. The molecule has 4 heteroatoms. The highest BCUT2D eigenvalue weighted by Gasteiger charge is 2.38. The molecule has 21 heavy (non-hydrogen) atoms. The second kappa shape index (κ2) is 5.10. The monoisotopic (exact) mass is 288 g/mol. The van der Waals surface area contributed by atoms with E-state index in [0.29, 0.717) is 5.92 Å². The number of para-hydroxylation sites is 1. The number of rotatable bonds is 3. The quantitative estimate of drug-likeness (QED) is 0.814. The van der Waals surface area contributed by atoms with Crippen molar-refractivity contribution in [3.63, 3.8) is 0 Å². The summed E-state index contributed by atoms with van der Waals surface area (Å²) in [5, 5.41) is 1.06. The average Bonchev–Trinajstić information content (AvgIpc) is 2.92. The SMILES string of the molecule is COc1c2c([n+](C)c3c(OC)cccc13)OC(C(C)C)C2. The first-order chi connectivity index (χ1) is 10.1. The van der Waals surface area contributed by atoms with Gasteiger partial charge in [0.15, 0.2) is 5.75 Å². The van der Waals surface area contributed by atoms with Gasteiger partial charge in [-0.3, -0.25) is 0 Å². The van der Waals surface area contributed by atoms with Gasteiger partial charge in [-0.2, -0.15) is 4.57 Å². The number of fused-ring (bicyclic) bond motifs is 2. The van der Waals surface area contributed by atoms with Crippen molar-refractivity contribution in [1.82, 2.24) is 0 Å². The second-order valence-electron chi connectivity index (χ2n) is 5.84. The van der Waals surface area contributed by atoms with Crippen molar-refractivity contribution in [2.45, 2.75) is 26.4 Å². The molecule has 0 saturated carbocycles. The highest BCUT2D eigenvalue weighted by atomic mass is 16.5. The predicted molar refractivity (Wildman–Crippen MR) is 81.2 cm³/mol. The fraction of sp³-hybridized carbons (Fsp3) is 0.471. The summed E-state index contributed by atoms with van der Waals surface area (Å²) in [6, 6.07) is 6.02. The molecule has 0 radical (unpaired) electrons. The summed E-state index contributed by atoms with van der Waals surface area (Å²) < 4.78 is 19.5. The van der Waals surface area contributed by atoms with Gasteiger partial charge in [-0.25, -0.2) is 0 Å². The number of methoxy groups -OCH3 is 2. The number of pyridine rings is 1. The number of benzene rings is 1. The Labute approximate surface area is 125 Å². The van der Waals surface area contributed by atoms with Gasteiger partial charge in [0.05, 0.1) is 19.6 Å². The molecule has 2 aromatic rings. The van der Waals surface area contributed by atoms with Gasteiger partial charge < -0.3 is 14.2 Å². The zero-order chi connectivity index (χ0) is 15.1. The van der Waals surface area contributed by atoms with Crippen LogP contribution in [0.1, 0.15) is 19.4 Å². The summed E-state index contributed by atoms with van der Waals surface area (Å²) in [7, 11) is 5.43. The predicted octanol–water partition coefficient (Wildman–Crippen LogP) is 2.64. The average molecular weight is 288 g/mol. The molecule has 3 rings (SSSR count). The van der Waals surface area contributed by atoms with Crippen LogP contribution in [-0.2, 0) is 13.5 Å². The Bertz CT molecular complexity index is 694. The lowest BCUT2D eigenvalue weighted by Crippen LogP contribution is -2.33. The summed E-state index contributed by atoms with van der Waals surface area (Å²) in [6.45, 7) is 4.37. The smallest absolute Gasteiger partial charge is 0.375 e. The number of nitrogens with zero attached hydrogens (tertiary/aromatic N) is 1. The molecule has 1 aliphatic heterocycles. The first kappa shape index (κ1) is 14.0. The zero-order valence-corrected chi connectivity index (χ0v) is 13.3. The van der Waals surface area contributed by atoms with Crippen molar-refractivity contribution in [3.05, 3.63) is 23.8 Å². The lowest BCUT2D eigenvalue weighted by Gasteiger charge is -2.12. The maximum Gasteiger partial charge on any atom is 0.375 e. The van der Waals surface area contributed by atoms with Gasteiger partial charge in [0.2, 0.25) is 0 Å². The van der Waals surface area contributed by atoms with E-state index >= 15 is 0 Å². The Kier molecular flexibility index (Phi) is 3.40. The van der Waals surface area contributed by atoms with Crippen molar-refractivity contribution < 1.29 is 18.8 Å². The largest absolute Gasteiger partial charge is 0.495 e. The van der Waals surface area contributed by atoms with E-state index in [4.69, 9.17) is 14.2 Å². The van der Waals surface area contributed by atoms with Crippen LogP contribution >= 0.6 is 0 Å². The summed E-state index contributed by atoms with van der Waals surface area (Å²) in [4.78, 5) is 0. The Hall–Kier alpha value is -1.97. The summed E-state index contributed by atoms with van der Waals surface area (Å²) in [5.74, 6) is 3.09. The third-order valence-electron chi connectivity index (χ3n) is 4.25. The van der Waals surface area contributed by atoms with Gasteiger partial charge in [-0.1, -0.05) is 19.9 Å². The van der Waals surface area contributed by atoms with E-state index < -0.39 is 0 Å². The van der Waals surface area contributed by atoms with E-state index in [9.17, 15) is 0 Å². The van der Waals surface area contributed by atoms with Crippen LogP contribution in [0.15, 0.2) is 18.2 Å². The van der Waals surface area contributed by atoms with Gasteiger partial charge in [0.25, 0.3) is 5.52 Å². The number of aromatic nitrogens is 1. The standard InChI is InChI=1S/C17H22NO3/c1-10(2)14-9-12-16(20-5)11-7-6-8-13(19-4)15(11)18(3)17(12)21-14/h6-8,10,14H,9H2,1-5H3/q+1. The number of aryl methyl sites for hydroxylation is 1. The van der Waals surface area contributed by atoms with Crippen molar-refractivity contribution in [1.29, 1.82) is 0 Å². The van der Waals surface area contributed by atoms with Crippen molar-refractivity contribution in [2.24, 2.45) is 13.0 Å². The molecule has 2 heterocycles. The van der Waals surface area contributed by atoms with Crippen LogP contribution in [0.2, 0.25) is 0 Å². The van der Waals surface area contributed by atoms with Crippen LogP contribution in [0, 0.1) is 5.92 Å². The van der Waals surface area contributed by atoms with Crippen LogP contribution < -0.4 is 18.8 Å². The lowest BCUT2D eigenvalue weighted by atomic mass is 10.0. The van der Waals surface area contributed by atoms with Crippen LogP contribution in [0.4, 0.5) is 0 Å². The molecule has 0 amide bonds. The van der Waals surface area contributed by atoms with E-state index in [2.05, 4.69) is 24.5 Å². The Morgan fingerprint density at radius 1 is 1.24 bits per heavy atom. The first-order valence-electron chi connectivity index (χ1n) is 7.30. The Balaban J connectivity index is 2.32. The third-order valence-corrected chi connectivity index (χ3v) is 4.25. The molecule has 1 unspecified atom stereocenters. The molecule has 112 valence electrons. The molecule has 1 atom stereocenters. The van der Waals surface area contributed by atoms with E-state index in [-0.39, 0.29) is 6.10 Å². The highest BCUT2D eigenvalue weighted by molar-refractivity contribution is 5.89. The molecular weight excluding hydrogens is 266 g/mol. The highest BCUT2D eigenvalue weighted by Crippen LogP contribution is 2.41. The maximum absolute atomic E-state index is 6.18. The van der Waals surface area contributed by atoms with Crippen molar-refractivity contribution in [3.8, 4) is 17.4 Å². The number of hydrogen-bond donors (Lipinski definition) is 0. The van der Waals surface area contributed by atoms with Crippen LogP contribution in [-0.4, -0.2) is 20.3 Å². The fourth-order valence-electron chi connectivity index (χ4n) is 3.10. The van der Waals surface area contributed by atoms with E-state index in [1.807, 2.05) is 19.2 Å². The molecule has 1 aliphatic rings. The number of hydrogen-bond acceptors (Lipinski definition) is 3. The Morgan fingerprint density at radius 3 is 2.62 bits per heavy atom. The number of ether oxygens (including phenoxy) is 3. The molecule has 0 bridgehead atoms. The molecule has 0 saturated heterocycles. The first-order valence-corrected chi connectivity index (χ1v) is 7.30. The topological polar surface area (TPSA) is 31.6 Å². The van der Waals surface area contributed by atoms with E-state index in [0.717, 1.165) is 40.3 Å². The van der Waals surface area contributed by atoms with Crippen LogP contribution in [0.3, 0.4) is 0 Å². The normalized spacial score (nSPS) is 17.0. The van der Waals surface area contributed by atoms with Crippen LogP contribution in [0.25, 0.3) is 10.9 Å². The lowest BCUT2D eigenvalue weighted by molar-refractivity contribution is -0.651. The maximum atomic E-state index is 6.18. The molecule has 0 aliphatic carbocycles. The minimum absolute atomic E-state index is 0.197. The van der Waals surface area contributed by atoms with Gasteiger partial charge >= 0.3 is 5.88 Å². The van der Waals surface area contributed by atoms with Gasteiger partial charge in [-0.05, 0) is 18.1 Å². The van der Waals surface area contributed by atoms with Crippen molar-refractivity contribution in [2.75, 3.05) is 14.2 Å². The van der Waals surface area contributed by atoms with Crippen molar-refractivity contribution >= 4 is 10.9 Å².